The van der Waals surface area contributed by atoms with Gasteiger partial charge in [-0.15, -0.1) is 0 Å². The fourth-order valence-electron chi connectivity index (χ4n) is 7.13. The Balaban J connectivity index is 1.78. The molecule has 4 fully saturated rings. The highest BCUT2D eigenvalue weighted by molar-refractivity contribution is 5.86. The molecule has 6 heteroatoms. The standard InChI is InChI=1S/C19H22O6/c1-9-7-17-8-18(9,24)5-3-10(17)19-6-4-11(20)16(2,15(23)25-19)13(19)12(17)14(21)22/h4,6,10-13,20,24H,1,3,5,7-8H2,2H3,(H,21,22)/t10-,11+,12-,13-,16-,17+,18?,19-/m1/s1. The summed E-state index contributed by atoms with van der Waals surface area (Å²) >= 11 is 0. The van der Waals surface area contributed by atoms with Gasteiger partial charge in [-0.1, -0.05) is 12.7 Å². The van der Waals surface area contributed by atoms with Gasteiger partial charge >= 0.3 is 11.9 Å². The van der Waals surface area contributed by atoms with E-state index in [0.29, 0.717) is 31.3 Å². The lowest BCUT2D eigenvalue weighted by Crippen LogP contribution is -2.50. The van der Waals surface area contributed by atoms with E-state index in [1.54, 1.807) is 19.1 Å². The van der Waals surface area contributed by atoms with E-state index in [1.807, 2.05) is 0 Å². The van der Waals surface area contributed by atoms with Crippen molar-refractivity contribution in [2.45, 2.75) is 49.9 Å². The van der Waals surface area contributed by atoms with Crippen LogP contribution in [0.5, 0.6) is 0 Å². The van der Waals surface area contributed by atoms with Crippen LogP contribution in [0.15, 0.2) is 24.3 Å². The maximum absolute atomic E-state index is 12.7. The number of aliphatic hydroxyl groups excluding tert-OH is 1. The van der Waals surface area contributed by atoms with Crippen molar-refractivity contribution >= 4 is 11.9 Å². The van der Waals surface area contributed by atoms with Crippen molar-refractivity contribution in [3.05, 3.63) is 24.3 Å². The topological polar surface area (TPSA) is 104 Å². The molecule has 4 bridgehead atoms. The van der Waals surface area contributed by atoms with Gasteiger partial charge in [-0.25, -0.2) is 0 Å². The molecule has 25 heavy (non-hydrogen) atoms. The molecule has 0 amide bonds. The lowest BCUT2D eigenvalue weighted by Gasteiger charge is -2.44. The SMILES string of the molecule is C=C1C[C@]23CC1(O)CC[C@H]2[C@@]12C=C[C@H](O)[C@@](C)(C(=O)O1)[C@H]2[C@@H]3C(=O)O. The summed E-state index contributed by atoms with van der Waals surface area (Å²) < 4.78 is 5.87. The lowest BCUT2D eigenvalue weighted by atomic mass is 9.61. The van der Waals surface area contributed by atoms with Crippen LogP contribution in [0.4, 0.5) is 0 Å². The molecule has 6 nitrogen and oxygen atoms in total. The van der Waals surface area contributed by atoms with Gasteiger partial charge in [-0.05, 0) is 49.7 Å². The van der Waals surface area contributed by atoms with E-state index in [0.717, 1.165) is 0 Å². The van der Waals surface area contributed by atoms with Gasteiger partial charge in [-0.2, -0.15) is 0 Å². The van der Waals surface area contributed by atoms with Gasteiger partial charge in [-0.3, -0.25) is 9.59 Å². The van der Waals surface area contributed by atoms with Crippen molar-refractivity contribution in [1.82, 2.24) is 0 Å². The summed E-state index contributed by atoms with van der Waals surface area (Å²) in [5.74, 6) is -3.18. The molecule has 5 rings (SSSR count). The summed E-state index contributed by atoms with van der Waals surface area (Å²) in [5, 5.41) is 31.6. The van der Waals surface area contributed by atoms with Crippen molar-refractivity contribution in [2.75, 3.05) is 0 Å². The Bertz CT molecular complexity index is 772. The maximum Gasteiger partial charge on any atom is 0.316 e. The third-order valence-corrected chi connectivity index (χ3v) is 8.12. The molecule has 0 radical (unpaired) electrons. The summed E-state index contributed by atoms with van der Waals surface area (Å²) in [5.41, 5.74) is -3.29. The number of carbonyl (C=O) groups is 2. The number of hydrogen-bond acceptors (Lipinski definition) is 5. The second kappa shape index (κ2) is 4.01. The van der Waals surface area contributed by atoms with E-state index in [1.165, 1.54) is 0 Å². The molecule has 8 atom stereocenters. The summed E-state index contributed by atoms with van der Waals surface area (Å²) in [4.78, 5) is 25.1. The van der Waals surface area contributed by atoms with E-state index in [-0.39, 0.29) is 5.92 Å². The van der Waals surface area contributed by atoms with Crippen LogP contribution < -0.4 is 0 Å². The van der Waals surface area contributed by atoms with Gasteiger partial charge in [0, 0.05) is 11.8 Å². The number of carbonyl (C=O) groups excluding carboxylic acids is 1. The number of fused-ring (bicyclic) bond motifs is 1. The molecule has 4 aliphatic carbocycles. The summed E-state index contributed by atoms with van der Waals surface area (Å²) in [6, 6.07) is 0. The second-order valence-corrected chi connectivity index (χ2v) is 8.94. The van der Waals surface area contributed by atoms with Gasteiger partial charge in [0.15, 0.2) is 0 Å². The molecule has 134 valence electrons. The number of aliphatic carboxylic acids is 1. The quantitative estimate of drug-likeness (QED) is 0.484. The average Bonchev–Trinajstić information content (AvgIpc) is 2.95. The highest BCUT2D eigenvalue weighted by Crippen LogP contribution is 2.77. The first-order valence-electron chi connectivity index (χ1n) is 8.86. The molecule has 0 aromatic carbocycles. The largest absolute Gasteiger partial charge is 0.481 e. The molecule has 1 saturated heterocycles. The van der Waals surface area contributed by atoms with Crippen molar-refractivity contribution in [3.8, 4) is 0 Å². The highest BCUT2D eigenvalue weighted by atomic mass is 16.6. The first-order chi connectivity index (χ1) is 11.6. The van der Waals surface area contributed by atoms with Gasteiger partial charge in [0.05, 0.1) is 17.6 Å². The lowest BCUT2D eigenvalue weighted by molar-refractivity contribution is -0.163. The Hall–Kier alpha value is -1.66. The average molecular weight is 346 g/mol. The molecular formula is C19H22O6. The van der Waals surface area contributed by atoms with Gasteiger partial charge in [0.1, 0.15) is 11.0 Å². The minimum absolute atomic E-state index is 0.180. The number of hydrogen-bond donors (Lipinski definition) is 3. The number of carboxylic acids is 1. The molecule has 5 aliphatic rings. The van der Waals surface area contributed by atoms with Crippen LogP contribution in [0.3, 0.4) is 0 Å². The Morgan fingerprint density at radius 1 is 1.44 bits per heavy atom. The van der Waals surface area contributed by atoms with Crippen LogP contribution in [0, 0.1) is 28.6 Å². The zero-order valence-electron chi connectivity index (χ0n) is 14.1. The third kappa shape index (κ3) is 1.36. The molecule has 3 saturated carbocycles. The molecule has 1 aliphatic heterocycles. The van der Waals surface area contributed by atoms with E-state index in [9.17, 15) is 24.9 Å². The first kappa shape index (κ1) is 15.6. The smallest absolute Gasteiger partial charge is 0.316 e. The zero-order chi connectivity index (χ0) is 18.0. The van der Waals surface area contributed by atoms with Crippen LogP contribution in [-0.4, -0.2) is 44.6 Å². The number of rotatable bonds is 1. The monoisotopic (exact) mass is 346 g/mol. The number of esters is 1. The Morgan fingerprint density at radius 2 is 2.16 bits per heavy atom. The summed E-state index contributed by atoms with van der Waals surface area (Å²) in [6.45, 7) is 5.64. The first-order valence-corrected chi connectivity index (χ1v) is 8.86. The molecule has 0 aromatic heterocycles. The molecular weight excluding hydrogens is 324 g/mol. The Kier molecular flexibility index (Phi) is 2.50. The van der Waals surface area contributed by atoms with E-state index >= 15 is 0 Å². The minimum atomic E-state index is -1.27. The number of aliphatic hydroxyl groups is 2. The fourth-order valence-corrected chi connectivity index (χ4v) is 7.13. The van der Waals surface area contributed by atoms with Crippen LogP contribution in [0.25, 0.3) is 0 Å². The summed E-state index contributed by atoms with van der Waals surface area (Å²) in [7, 11) is 0. The zero-order valence-corrected chi connectivity index (χ0v) is 14.1. The van der Waals surface area contributed by atoms with Crippen LogP contribution in [0.2, 0.25) is 0 Å². The van der Waals surface area contributed by atoms with Crippen LogP contribution >= 0.6 is 0 Å². The van der Waals surface area contributed by atoms with Crippen molar-refractivity contribution in [3.63, 3.8) is 0 Å². The molecule has 1 heterocycles. The van der Waals surface area contributed by atoms with Crippen molar-refractivity contribution < 1.29 is 29.6 Å². The number of carboxylic acid groups (broad SMARTS) is 1. The van der Waals surface area contributed by atoms with E-state index < -0.39 is 51.9 Å². The van der Waals surface area contributed by atoms with Gasteiger partial charge in [0.2, 0.25) is 0 Å². The van der Waals surface area contributed by atoms with E-state index in [4.69, 9.17) is 4.74 Å². The Morgan fingerprint density at radius 3 is 2.84 bits per heavy atom. The predicted octanol–water partition coefficient (Wildman–Crippen LogP) is 1.03. The van der Waals surface area contributed by atoms with Gasteiger partial charge in [0.25, 0.3) is 0 Å². The van der Waals surface area contributed by atoms with Crippen molar-refractivity contribution in [2.24, 2.45) is 28.6 Å². The third-order valence-electron chi connectivity index (χ3n) is 8.12. The normalized spacial score (nSPS) is 58.0. The fraction of sp³-hybridized carbons (Fsp3) is 0.684. The van der Waals surface area contributed by atoms with Crippen LogP contribution in [0.1, 0.15) is 32.6 Å². The predicted molar refractivity (Wildman–Crippen MR) is 85.2 cm³/mol. The summed E-state index contributed by atoms with van der Waals surface area (Å²) in [6.07, 6.45) is 4.11. The number of ether oxygens (including phenoxy) is 1. The maximum atomic E-state index is 12.7. The minimum Gasteiger partial charge on any atom is -0.481 e. The van der Waals surface area contributed by atoms with E-state index in [2.05, 4.69) is 6.58 Å². The van der Waals surface area contributed by atoms with Crippen LogP contribution in [-0.2, 0) is 14.3 Å². The molecule has 3 N–H and O–H groups in total. The van der Waals surface area contributed by atoms with Gasteiger partial charge < -0.3 is 20.1 Å². The molecule has 1 unspecified atom stereocenters. The Labute approximate surface area is 145 Å². The molecule has 1 spiro atoms. The second-order valence-electron chi connectivity index (χ2n) is 8.94. The van der Waals surface area contributed by atoms with Crippen molar-refractivity contribution in [1.29, 1.82) is 0 Å². The molecule has 0 aromatic rings. The highest BCUT2D eigenvalue weighted by Gasteiger charge is 2.83.